The Bertz CT molecular complexity index is 1320. The number of aromatic amines is 1. The number of esters is 1. The summed E-state index contributed by atoms with van der Waals surface area (Å²) in [6.07, 6.45) is -5.78. The summed E-state index contributed by atoms with van der Waals surface area (Å²) in [7, 11) is -4.28. The first-order valence-electron chi connectivity index (χ1n) is 11.1. The monoisotopic (exact) mass is 541 g/mol. The van der Waals surface area contributed by atoms with Gasteiger partial charge in [-0.3, -0.25) is 23.7 Å². The summed E-state index contributed by atoms with van der Waals surface area (Å²) >= 11 is 0. The van der Waals surface area contributed by atoms with E-state index in [0.717, 1.165) is 12.3 Å². The number of para-hydroxylation sites is 1. The van der Waals surface area contributed by atoms with Crippen molar-refractivity contribution in [3.63, 3.8) is 0 Å². The van der Waals surface area contributed by atoms with Crippen LogP contribution in [-0.4, -0.2) is 58.0 Å². The van der Waals surface area contributed by atoms with E-state index in [1.807, 2.05) is 4.98 Å². The van der Waals surface area contributed by atoms with Gasteiger partial charge in [0.2, 0.25) is 5.72 Å². The van der Waals surface area contributed by atoms with Gasteiger partial charge in [0.15, 0.2) is 12.4 Å². The van der Waals surface area contributed by atoms with Crippen LogP contribution in [0.15, 0.2) is 57.3 Å². The van der Waals surface area contributed by atoms with E-state index < -0.39 is 67.7 Å². The predicted octanol–water partition coefficient (Wildman–Crippen LogP) is 2.26. The van der Waals surface area contributed by atoms with E-state index in [0.29, 0.717) is 4.57 Å². The standard InChI is InChI=1S/C21H25FN5O9P/c1-3-33-19(30)13(2)11-37(32,36-14-7-5-4-6-8-14)34-12-21(25-26-23)17(22)16(29)18(35-21)27-10-9-15(28)24-20(27)31/h4-10,13,16-18,29H,3,11-12H2,1-2H3,(H,24,28,31)/t13-,16-,17+,18-,21-,37?/m1/s1. The van der Waals surface area contributed by atoms with Crippen molar-refractivity contribution in [3.8, 4) is 5.75 Å². The van der Waals surface area contributed by atoms with Crippen molar-refractivity contribution < 1.29 is 37.4 Å². The minimum absolute atomic E-state index is 0.0780. The lowest BCUT2D eigenvalue weighted by Gasteiger charge is -2.28. The summed E-state index contributed by atoms with van der Waals surface area (Å²) in [5.74, 6) is -1.53. The second kappa shape index (κ2) is 11.7. The molecule has 1 aromatic carbocycles. The number of azide groups is 1. The maximum absolute atomic E-state index is 15.4. The van der Waals surface area contributed by atoms with Crippen LogP contribution in [0.5, 0.6) is 5.75 Å². The van der Waals surface area contributed by atoms with Crippen molar-refractivity contribution in [1.82, 2.24) is 9.55 Å². The lowest BCUT2D eigenvalue weighted by atomic mass is 10.1. The third kappa shape index (κ3) is 6.45. The molecule has 1 saturated heterocycles. The highest BCUT2D eigenvalue weighted by Gasteiger charge is 2.57. The van der Waals surface area contributed by atoms with E-state index >= 15 is 4.39 Å². The van der Waals surface area contributed by atoms with Crippen molar-refractivity contribution in [2.45, 2.75) is 38.1 Å². The molecule has 0 aliphatic carbocycles. The summed E-state index contributed by atoms with van der Waals surface area (Å²) in [4.78, 5) is 40.2. The number of hydrogen-bond acceptors (Lipinski definition) is 10. The smallest absolute Gasteiger partial charge is 0.380 e. The summed E-state index contributed by atoms with van der Waals surface area (Å²) in [5, 5.41) is 13.8. The molecule has 14 nitrogen and oxygen atoms in total. The molecular formula is C21H25FN5O9P. The van der Waals surface area contributed by atoms with Crippen LogP contribution in [0, 0.1) is 5.92 Å². The Balaban J connectivity index is 1.91. The topological polar surface area (TPSA) is 195 Å². The van der Waals surface area contributed by atoms with Gasteiger partial charge in [-0.05, 0) is 24.6 Å². The van der Waals surface area contributed by atoms with Gasteiger partial charge >= 0.3 is 19.3 Å². The number of H-pyrrole nitrogens is 1. The van der Waals surface area contributed by atoms with Gasteiger partial charge in [0, 0.05) is 17.2 Å². The molecule has 200 valence electrons. The molecule has 0 amide bonds. The quantitative estimate of drug-likeness (QED) is 0.141. The predicted molar refractivity (Wildman–Crippen MR) is 126 cm³/mol. The highest BCUT2D eigenvalue weighted by molar-refractivity contribution is 7.54. The number of ether oxygens (including phenoxy) is 2. The average molecular weight is 541 g/mol. The third-order valence-electron chi connectivity index (χ3n) is 5.33. The molecule has 1 aliphatic rings. The van der Waals surface area contributed by atoms with E-state index in [-0.39, 0.29) is 12.4 Å². The fourth-order valence-corrected chi connectivity index (χ4v) is 5.42. The Labute approximate surface area is 209 Å². The molecule has 3 rings (SSSR count). The number of hydrogen-bond donors (Lipinski definition) is 2. The molecule has 0 spiro atoms. The molecule has 16 heteroatoms. The van der Waals surface area contributed by atoms with Crippen molar-refractivity contribution in [3.05, 3.63) is 73.9 Å². The number of nitrogens with one attached hydrogen (secondary N) is 1. The van der Waals surface area contributed by atoms with Gasteiger partial charge in [-0.25, -0.2) is 13.8 Å². The number of rotatable bonds is 11. The molecule has 1 unspecified atom stereocenters. The van der Waals surface area contributed by atoms with Crippen LogP contribution in [0.2, 0.25) is 0 Å². The van der Waals surface area contributed by atoms with Crippen molar-refractivity contribution in [1.29, 1.82) is 0 Å². The Morgan fingerprint density at radius 3 is 2.70 bits per heavy atom. The Morgan fingerprint density at radius 1 is 1.38 bits per heavy atom. The third-order valence-corrected chi connectivity index (χ3v) is 7.34. The molecule has 37 heavy (non-hydrogen) atoms. The Hall–Kier alpha value is -3.48. The van der Waals surface area contributed by atoms with E-state index in [4.69, 9.17) is 24.1 Å². The molecular weight excluding hydrogens is 516 g/mol. The van der Waals surface area contributed by atoms with Crippen molar-refractivity contribution in [2.24, 2.45) is 11.0 Å². The summed E-state index contributed by atoms with van der Waals surface area (Å²) in [6, 6.07) is 8.75. The summed E-state index contributed by atoms with van der Waals surface area (Å²) in [6.45, 7) is 2.08. The van der Waals surface area contributed by atoms with Crippen molar-refractivity contribution >= 4 is 13.6 Å². The Kier molecular flexibility index (Phi) is 8.89. The first kappa shape index (κ1) is 28.1. The zero-order valence-corrected chi connectivity index (χ0v) is 20.7. The number of carbonyl (C=O) groups is 1. The largest absolute Gasteiger partial charge is 0.466 e. The van der Waals surface area contributed by atoms with Crippen LogP contribution in [0.25, 0.3) is 10.4 Å². The zero-order valence-electron chi connectivity index (χ0n) is 19.8. The number of aliphatic hydroxyl groups is 1. The number of aromatic nitrogens is 2. The van der Waals surface area contributed by atoms with Crippen LogP contribution >= 0.6 is 7.60 Å². The second-order valence-corrected chi connectivity index (χ2v) is 10.1. The van der Waals surface area contributed by atoms with E-state index in [2.05, 4.69) is 10.0 Å². The van der Waals surface area contributed by atoms with Crippen LogP contribution in [0.3, 0.4) is 0 Å². The molecule has 2 aromatic rings. The lowest BCUT2D eigenvalue weighted by Crippen LogP contribution is -2.42. The Morgan fingerprint density at radius 2 is 2.08 bits per heavy atom. The van der Waals surface area contributed by atoms with Gasteiger partial charge in [0.25, 0.3) is 5.56 Å². The number of carbonyl (C=O) groups excluding carboxylic acids is 1. The maximum atomic E-state index is 15.4. The SMILES string of the molecule is CCOC(=O)[C@H](C)CP(=O)(OC[C@@]1(N=[N+]=[N-])O[C@@H](n2ccc(=O)[nH]c2=O)[C@H](O)[C@@H]1F)Oc1ccccc1. The highest BCUT2D eigenvalue weighted by Crippen LogP contribution is 2.52. The normalized spacial score (nSPS) is 25.5. The van der Waals surface area contributed by atoms with Gasteiger partial charge in [-0.1, -0.05) is 30.2 Å². The van der Waals surface area contributed by atoms with Gasteiger partial charge in [-0.2, -0.15) is 0 Å². The van der Waals surface area contributed by atoms with E-state index in [1.54, 1.807) is 25.1 Å². The first-order chi connectivity index (χ1) is 17.5. The van der Waals surface area contributed by atoms with Crippen LogP contribution in [0.4, 0.5) is 4.39 Å². The minimum atomic E-state index is -4.28. The zero-order chi connectivity index (χ0) is 27.2. The molecule has 1 aromatic heterocycles. The molecule has 2 heterocycles. The fourth-order valence-electron chi connectivity index (χ4n) is 3.54. The molecule has 0 bridgehead atoms. The average Bonchev–Trinajstić information content (AvgIpc) is 3.09. The number of benzene rings is 1. The fraction of sp³-hybridized carbons (Fsp3) is 0.476. The maximum Gasteiger partial charge on any atom is 0.380 e. The lowest BCUT2D eigenvalue weighted by molar-refractivity contribution is -0.146. The molecule has 6 atom stereocenters. The van der Waals surface area contributed by atoms with Crippen molar-refractivity contribution in [2.75, 3.05) is 19.4 Å². The van der Waals surface area contributed by atoms with Gasteiger partial charge < -0.3 is 19.1 Å². The van der Waals surface area contributed by atoms with Crippen LogP contribution in [-0.2, 0) is 23.4 Å². The molecule has 0 saturated carbocycles. The van der Waals surface area contributed by atoms with Crippen LogP contribution < -0.4 is 15.8 Å². The van der Waals surface area contributed by atoms with Gasteiger partial charge in [0.05, 0.1) is 25.3 Å². The van der Waals surface area contributed by atoms with Gasteiger partial charge in [0.1, 0.15) is 11.9 Å². The first-order valence-corrected chi connectivity index (χ1v) is 12.8. The summed E-state index contributed by atoms with van der Waals surface area (Å²) < 4.78 is 51.2. The second-order valence-electron chi connectivity index (χ2n) is 8.08. The molecule has 1 fully saturated rings. The number of halogens is 1. The highest BCUT2D eigenvalue weighted by atomic mass is 31.2. The van der Waals surface area contributed by atoms with E-state index in [1.165, 1.54) is 19.1 Å². The van der Waals surface area contributed by atoms with Crippen LogP contribution in [0.1, 0.15) is 20.1 Å². The minimum Gasteiger partial charge on any atom is -0.466 e. The number of nitrogens with zero attached hydrogens (tertiary/aromatic N) is 4. The molecule has 0 radical (unpaired) electrons. The molecule has 1 aliphatic heterocycles. The van der Waals surface area contributed by atoms with E-state index in [9.17, 15) is 24.1 Å². The number of aliphatic hydroxyl groups excluding tert-OH is 1. The molecule has 2 N–H and O–H groups in total. The summed E-state index contributed by atoms with van der Waals surface area (Å²) in [5.41, 5.74) is 4.73. The number of alkyl halides is 1. The van der Waals surface area contributed by atoms with Gasteiger partial charge in [-0.15, -0.1) is 0 Å².